The van der Waals surface area contributed by atoms with Crippen molar-refractivity contribution >= 4 is 11.5 Å². The number of anilines is 1. The predicted molar refractivity (Wildman–Crippen MR) is 42.5 cm³/mol. The molecule has 0 spiro atoms. The molecule has 0 aliphatic rings. The summed E-state index contributed by atoms with van der Waals surface area (Å²) < 4.78 is 0. The molecule has 0 saturated carbocycles. The topological polar surface area (TPSA) is 63.3 Å². The van der Waals surface area contributed by atoms with Gasteiger partial charge < -0.3 is 10.8 Å². The minimum Gasteiger partial charge on any atom is -0.507 e. The number of hydrogen-bond acceptors (Lipinski definition) is 3. The molecule has 1 aromatic carbocycles. The minimum absolute atomic E-state index is 0.0216. The number of phenolic OH excluding ortho intramolecular Hbond substituents is 1. The summed E-state index contributed by atoms with van der Waals surface area (Å²) in [6.45, 7) is 1.38. The van der Waals surface area contributed by atoms with Gasteiger partial charge in [-0.3, -0.25) is 4.79 Å². The number of phenols is 1. The van der Waals surface area contributed by atoms with Gasteiger partial charge in [0.2, 0.25) is 0 Å². The van der Waals surface area contributed by atoms with Crippen LogP contribution in [0.5, 0.6) is 5.75 Å². The lowest BCUT2D eigenvalue weighted by molar-refractivity contribution is 0.101. The standard InChI is InChI=1S/C8H9NO2/c1-5(10)7-4-6(9)2-3-8(7)11/h2-4,11H,9H2,1H3. The molecule has 11 heavy (non-hydrogen) atoms. The monoisotopic (exact) mass is 151 g/mol. The molecule has 0 radical (unpaired) electrons. The lowest BCUT2D eigenvalue weighted by Gasteiger charge is -2.00. The van der Waals surface area contributed by atoms with E-state index in [0.717, 1.165) is 0 Å². The van der Waals surface area contributed by atoms with E-state index in [0.29, 0.717) is 5.69 Å². The zero-order valence-corrected chi connectivity index (χ0v) is 6.16. The first-order valence-corrected chi connectivity index (χ1v) is 3.20. The van der Waals surface area contributed by atoms with Gasteiger partial charge in [-0.2, -0.15) is 0 Å². The Hall–Kier alpha value is -1.51. The first kappa shape index (κ1) is 7.60. The Morgan fingerprint density at radius 2 is 2.18 bits per heavy atom. The van der Waals surface area contributed by atoms with Crippen molar-refractivity contribution in [2.75, 3.05) is 5.73 Å². The van der Waals surface area contributed by atoms with Crippen molar-refractivity contribution in [2.24, 2.45) is 0 Å². The van der Waals surface area contributed by atoms with E-state index in [9.17, 15) is 4.79 Å². The SMILES string of the molecule is CC(=O)c1cc(N)ccc1O. The summed E-state index contributed by atoms with van der Waals surface area (Å²) in [6, 6.07) is 4.41. The second-order valence-corrected chi connectivity index (χ2v) is 2.33. The van der Waals surface area contributed by atoms with Crippen molar-refractivity contribution in [1.82, 2.24) is 0 Å². The molecule has 0 unspecified atom stereocenters. The molecule has 0 amide bonds. The van der Waals surface area contributed by atoms with Crippen molar-refractivity contribution in [2.45, 2.75) is 6.92 Å². The Labute approximate surface area is 64.5 Å². The Morgan fingerprint density at radius 3 is 2.64 bits per heavy atom. The first-order valence-electron chi connectivity index (χ1n) is 3.20. The van der Waals surface area contributed by atoms with Crippen LogP contribution in [-0.4, -0.2) is 10.9 Å². The van der Waals surface area contributed by atoms with Crippen LogP contribution in [0.4, 0.5) is 5.69 Å². The number of nitrogens with two attached hydrogens (primary N) is 1. The van der Waals surface area contributed by atoms with E-state index >= 15 is 0 Å². The van der Waals surface area contributed by atoms with Gasteiger partial charge >= 0.3 is 0 Å². The van der Waals surface area contributed by atoms with Crippen LogP contribution in [0.2, 0.25) is 0 Å². The third-order valence-corrected chi connectivity index (χ3v) is 1.40. The smallest absolute Gasteiger partial charge is 0.163 e. The molecule has 3 nitrogen and oxygen atoms in total. The molecule has 3 heteroatoms. The van der Waals surface area contributed by atoms with Gasteiger partial charge in [0.05, 0.1) is 5.56 Å². The van der Waals surface area contributed by atoms with Crippen LogP contribution in [0.1, 0.15) is 17.3 Å². The van der Waals surface area contributed by atoms with Crippen molar-refractivity contribution < 1.29 is 9.90 Å². The third kappa shape index (κ3) is 1.49. The molecule has 0 atom stereocenters. The molecule has 1 rings (SSSR count). The number of rotatable bonds is 1. The number of benzene rings is 1. The summed E-state index contributed by atoms with van der Waals surface area (Å²) in [4.78, 5) is 10.8. The van der Waals surface area contributed by atoms with Crippen molar-refractivity contribution in [3.8, 4) is 5.75 Å². The van der Waals surface area contributed by atoms with Crippen LogP contribution in [0.25, 0.3) is 0 Å². The van der Waals surface area contributed by atoms with Crippen molar-refractivity contribution in [3.63, 3.8) is 0 Å². The number of nitrogen functional groups attached to an aromatic ring is 1. The lowest BCUT2D eigenvalue weighted by Crippen LogP contribution is -1.94. The van der Waals surface area contributed by atoms with Gasteiger partial charge in [-0.1, -0.05) is 0 Å². The fourth-order valence-electron chi connectivity index (χ4n) is 0.836. The quantitative estimate of drug-likeness (QED) is 0.360. The van der Waals surface area contributed by atoms with Crippen LogP contribution in [0, 0.1) is 0 Å². The number of hydrogen-bond donors (Lipinski definition) is 2. The highest BCUT2D eigenvalue weighted by molar-refractivity contribution is 5.97. The molecule has 0 bridgehead atoms. The molecular formula is C8H9NO2. The van der Waals surface area contributed by atoms with E-state index in [2.05, 4.69) is 0 Å². The molecule has 0 heterocycles. The maximum Gasteiger partial charge on any atom is 0.163 e. The second-order valence-electron chi connectivity index (χ2n) is 2.33. The number of Topliss-reactive ketones (excluding diaryl/α,β-unsaturated/α-hetero) is 1. The molecule has 3 N–H and O–H groups in total. The fraction of sp³-hybridized carbons (Fsp3) is 0.125. The van der Waals surface area contributed by atoms with Crippen LogP contribution in [-0.2, 0) is 0 Å². The van der Waals surface area contributed by atoms with Crippen molar-refractivity contribution in [3.05, 3.63) is 23.8 Å². The normalized spacial score (nSPS) is 9.55. The summed E-state index contributed by atoms with van der Waals surface area (Å²) in [5.41, 5.74) is 6.15. The van der Waals surface area contributed by atoms with Gasteiger partial charge in [0, 0.05) is 5.69 Å². The Balaban J connectivity index is 3.23. The molecule has 0 fully saturated rings. The third-order valence-electron chi connectivity index (χ3n) is 1.40. The molecule has 0 aromatic heterocycles. The minimum atomic E-state index is -0.185. The maximum absolute atomic E-state index is 10.8. The number of carbonyl (C=O) groups is 1. The van der Waals surface area contributed by atoms with E-state index < -0.39 is 0 Å². The molecule has 1 aromatic rings. The van der Waals surface area contributed by atoms with E-state index in [4.69, 9.17) is 10.8 Å². The molecule has 0 aliphatic carbocycles. The van der Waals surface area contributed by atoms with Gasteiger partial charge in [-0.05, 0) is 25.1 Å². The van der Waals surface area contributed by atoms with Gasteiger partial charge in [-0.25, -0.2) is 0 Å². The van der Waals surface area contributed by atoms with Gasteiger partial charge in [0.1, 0.15) is 5.75 Å². The number of aromatic hydroxyl groups is 1. The summed E-state index contributed by atoms with van der Waals surface area (Å²) in [7, 11) is 0. The Kier molecular flexibility index (Phi) is 1.81. The van der Waals surface area contributed by atoms with E-state index in [-0.39, 0.29) is 17.1 Å². The van der Waals surface area contributed by atoms with Crippen LogP contribution in [0.15, 0.2) is 18.2 Å². The van der Waals surface area contributed by atoms with Crippen molar-refractivity contribution in [1.29, 1.82) is 0 Å². The Bertz CT molecular complexity index is 294. The van der Waals surface area contributed by atoms with E-state index in [1.165, 1.54) is 19.1 Å². The first-order chi connectivity index (χ1) is 5.11. The highest BCUT2D eigenvalue weighted by atomic mass is 16.3. The maximum atomic E-state index is 10.8. The number of ketones is 1. The molecule has 0 saturated heterocycles. The summed E-state index contributed by atoms with van der Waals surface area (Å²) >= 11 is 0. The largest absolute Gasteiger partial charge is 0.507 e. The molecule has 58 valence electrons. The summed E-state index contributed by atoms with van der Waals surface area (Å²) in [5, 5.41) is 9.13. The van der Waals surface area contributed by atoms with Crippen LogP contribution >= 0.6 is 0 Å². The van der Waals surface area contributed by atoms with Gasteiger partial charge in [0.25, 0.3) is 0 Å². The highest BCUT2D eigenvalue weighted by Crippen LogP contribution is 2.19. The Morgan fingerprint density at radius 1 is 1.55 bits per heavy atom. The lowest BCUT2D eigenvalue weighted by atomic mass is 10.1. The zero-order valence-electron chi connectivity index (χ0n) is 6.16. The number of carbonyl (C=O) groups excluding carboxylic acids is 1. The van der Waals surface area contributed by atoms with E-state index in [1.54, 1.807) is 6.07 Å². The average molecular weight is 151 g/mol. The average Bonchev–Trinajstić information content (AvgIpc) is 1.94. The second kappa shape index (κ2) is 2.62. The summed E-state index contributed by atoms with van der Waals surface area (Å²) in [5.74, 6) is -0.207. The van der Waals surface area contributed by atoms with E-state index in [1.807, 2.05) is 0 Å². The van der Waals surface area contributed by atoms with Crippen LogP contribution in [0.3, 0.4) is 0 Å². The van der Waals surface area contributed by atoms with Gasteiger partial charge in [0.15, 0.2) is 5.78 Å². The zero-order chi connectivity index (χ0) is 8.43. The van der Waals surface area contributed by atoms with Gasteiger partial charge in [-0.15, -0.1) is 0 Å². The summed E-state index contributed by atoms with van der Waals surface area (Å²) in [6.07, 6.45) is 0. The highest BCUT2D eigenvalue weighted by Gasteiger charge is 2.04. The fourth-order valence-corrected chi connectivity index (χ4v) is 0.836. The predicted octanol–water partition coefficient (Wildman–Crippen LogP) is 1.18. The molecular weight excluding hydrogens is 142 g/mol. The van der Waals surface area contributed by atoms with Crippen LogP contribution < -0.4 is 5.73 Å². The molecule has 0 aliphatic heterocycles.